The second kappa shape index (κ2) is 5.92. The van der Waals surface area contributed by atoms with Crippen LogP contribution in [0.5, 0.6) is 5.75 Å². The summed E-state index contributed by atoms with van der Waals surface area (Å²) < 4.78 is 7.14. The molecule has 0 aliphatic carbocycles. The quantitative estimate of drug-likeness (QED) is 0.856. The van der Waals surface area contributed by atoms with E-state index >= 15 is 0 Å². The van der Waals surface area contributed by atoms with Gasteiger partial charge in [0, 0.05) is 24.6 Å². The molecule has 110 valence electrons. The summed E-state index contributed by atoms with van der Waals surface area (Å²) in [5.74, 6) is -0.136. The van der Waals surface area contributed by atoms with Gasteiger partial charge in [-0.1, -0.05) is 23.4 Å². The molecule has 1 atom stereocenters. The number of ether oxygens (including phenoxy) is 1. The molecule has 1 aliphatic rings. The molecule has 1 aromatic carbocycles. The molecule has 0 radical (unpaired) electrons. The molecule has 2 N–H and O–H groups in total. The third-order valence-electron chi connectivity index (χ3n) is 3.45. The van der Waals surface area contributed by atoms with Crippen molar-refractivity contribution in [1.29, 1.82) is 0 Å². The molecule has 2 aromatic rings. The highest BCUT2D eigenvalue weighted by Crippen LogP contribution is 2.31. The third-order valence-corrected chi connectivity index (χ3v) is 3.45. The predicted octanol–water partition coefficient (Wildman–Crippen LogP) is 1.09. The minimum Gasteiger partial charge on any atom is -0.493 e. The van der Waals surface area contributed by atoms with Crippen LogP contribution in [0.4, 0.5) is 0 Å². The molecule has 2 heterocycles. The van der Waals surface area contributed by atoms with E-state index in [-0.39, 0.29) is 11.7 Å². The van der Waals surface area contributed by atoms with Gasteiger partial charge < -0.3 is 15.2 Å². The van der Waals surface area contributed by atoms with E-state index in [4.69, 9.17) is 9.84 Å². The maximum absolute atomic E-state index is 10.7. The fraction of sp³-hybridized carbons (Fsp3) is 0.357. The average molecular weight is 288 g/mol. The van der Waals surface area contributed by atoms with E-state index < -0.39 is 5.97 Å². The Morgan fingerprint density at radius 1 is 1.48 bits per heavy atom. The van der Waals surface area contributed by atoms with E-state index in [0.29, 0.717) is 19.7 Å². The summed E-state index contributed by atoms with van der Waals surface area (Å²) in [5, 5.41) is 19.6. The first-order valence-electron chi connectivity index (χ1n) is 6.82. The van der Waals surface area contributed by atoms with Gasteiger partial charge in [0.15, 0.2) is 5.69 Å². The van der Waals surface area contributed by atoms with Crippen molar-refractivity contribution in [2.45, 2.75) is 19.0 Å². The molecular weight excluding hydrogens is 272 g/mol. The van der Waals surface area contributed by atoms with Gasteiger partial charge >= 0.3 is 5.97 Å². The molecule has 0 spiro atoms. The van der Waals surface area contributed by atoms with Gasteiger partial charge in [0.1, 0.15) is 5.75 Å². The SMILES string of the molecule is O=C(O)c1cn(CCNC2CCOc3ccccc32)nn1. The number of fused-ring (bicyclic) bond motifs is 1. The summed E-state index contributed by atoms with van der Waals surface area (Å²) in [4.78, 5) is 10.7. The molecular formula is C14H16N4O3. The van der Waals surface area contributed by atoms with Crippen LogP contribution in [0.15, 0.2) is 30.5 Å². The number of aromatic carboxylic acids is 1. The first kappa shape index (κ1) is 13.6. The zero-order chi connectivity index (χ0) is 14.7. The van der Waals surface area contributed by atoms with Crippen LogP contribution in [0.3, 0.4) is 0 Å². The number of aromatic nitrogens is 3. The lowest BCUT2D eigenvalue weighted by Gasteiger charge is -2.26. The molecule has 1 aromatic heterocycles. The van der Waals surface area contributed by atoms with Gasteiger partial charge in [-0.3, -0.25) is 4.68 Å². The fourth-order valence-corrected chi connectivity index (χ4v) is 2.41. The maximum atomic E-state index is 10.7. The van der Waals surface area contributed by atoms with Crippen LogP contribution < -0.4 is 10.1 Å². The summed E-state index contributed by atoms with van der Waals surface area (Å²) in [7, 11) is 0. The number of hydrogen-bond acceptors (Lipinski definition) is 5. The highest BCUT2D eigenvalue weighted by atomic mass is 16.5. The van der Waals surface area contributed by atoms with E-state index in [0.717, 1.165) is 17.7 Å². The number of benzene rings is 1. The number of carboxylic acids is 1. The number of nitrogens with zero attached hydrogens (tertiary/aromatic N) is 3. The second-order valence-electron chi connectivity index (χ2n) is 4.85. The van der Waals surface area contributed by atoms with Gasteiger partial charge in [-0.05, 0) is 6.07 Å². The molecule has 0 fully saturated rings. The normalized spacial score (nSPS) is 17.0. The molecule has 7 heteroatoms. The monoisotopic (exact) mass is 288 g/mol. The Balaban J connectivity index is 1.57. The minimum atomic E-state index is -1.06. The third kappa shape index (κ3) is 3.03. The number of carbonyl (C=O) groups is 1. The molecule has 0 bridgehead atoms. The first-order valence-corrected chi connectivity index (χ1v) is 6.82. The lowest BCUT2D eigenvalue weighted by Crippen LogP contribution is -2.29. The van der Waals surface area contributed by atoms with Crippen LogP contribution >= 0.6 is 0 Å². The van der Waals surface area contributed by atoms with Gasteiger partial charge in [0.05, 0.1) is 19.3 Å². The number of hydrogen-bond donors (Lipinski definition) is 2. The van der Waals surface area contributed by atoms with Crippen LogP contribution in [0.2, 0.25) is 0 Å². The Kier molecular flexibility index (Phi) is 3.83. The number of para-hydroxylation sites is 1. The Morgan fingerprint density at radius 3 is 3.14 bits per heavy atom. The van der Waals surface area contributed by atoms with Crippen LogP contribution in [0.25, 0.3) is 0 Å². The largest absolute Gasteiger partial charge is 0.493 e. The summed E-state index contributed by atoms with van der Waals surface area (Å²) in [6.45, 7) is 1.95. The summed E-state index contributed by atoms with van der Waals surface area (Å²) >= 11 is 0. The Bertz CT molecular complexity index is 641. The molecule has 21 heavy (non-hydrogen) atoms. The van der Waals surface area contributed by atoms with Crippen LogP contribution in [-0.2, 0) is 6.54 Å². The van der Waals surface area contributed by atoms with Crippen molar-refractivity contribution < 1.29 is 14.6 Å². The molecule has 3 rings (SSSR count). The van der Waals surface area contributed by atoms with E-state index in [1.54, 1.807) is 0 Å². The standard InChI is InChI=1S/C14H16N4O3/c19-14(20)12-9-18(17-16-12)7-6-15-11-5-8-21-13-4-2-1-3-10(11)13/h1-4,9,11,15H,5-8H2,(H,19,20). The van der Waals surface area contributed by atoms with Crippen LogP contribution in [0.1, 0.15) is 28.5 Å². The molecule has 1 unspecified atom stereocenters. The average Bonchev–Trinajstić information content (AvgIpc) is 2.97. The van der Waals surface area contributed by atoms with Crippen molar-refractivity contribution >= 4 is 5.97 Å². The maximum Gasteiger partial charge on any atom is 0.358 e. The fourth-order valence-electron chi connectivity index (χ4n) is 2.41. The molecule has 7 nitrogen and oxygen atoms in total. The van der Waals surface area contributed by atoms with E-state index in [1.807, 2.05) is 18.2 Å². The smallest absolute Gasteiger partial charge is 0.358 e. The zero-order valence-electron chi connectivity index (χ0n) is 11.4. The van der Waals surface area contributed by atoms with E-state index in [9.17, 15) is 4.79 Å². The first-order chi connectivity index (χ1) is 10.2. The number of nitrogens with one attached hydrogen (secondary N) is 1. The summed E-state index contributed by atoms with van der Waals surface area (Å²) in [6.07, 6.45) is 2.34. The zero-order valence-corrected chi connectivity index (χ0v) is 11.4. The van der Waals surface area contributed by atoms with Crippen molar-refractivity contribution in [1.82, 2.24) is 20.3 Å². The Morgan fingerprint density at radius 2 is 2.33 bits per heavy atom. The van der Waals surface area contributed by atoms with Gasteiger partial charge in [0.2, 0.25) is 0 Å². The van der Waals surface area contributed by atoms with Crippen LogP contribution in [0, 0.1) is 0 Å². The van der Waals surface area contributed by atoms with Crippen molar-refractivity contribution in [3.63, 3.8) is 0 Å². The van der Waals surface area contributed by atoms with Gasteiger partial charge in [-0.2, -0.15) is 0 Å². The second-order valence-corrected chi connectivity index (χ2v) is 4.85. The van der Waals surface area contributed by atoms with E-state index in [2.05, 4.69) is 21.7 Å². The summed E-state index contributed by atoms with van der Waals surface area (Å²) in [6, 6.07) is 8.24. The van der Waals surface area contributed by atoms with Gasteiger partial charge in [-0.15, -0.1) is 5.10 Å². The van der Waals surface area contributed by atoms with Crippen molar-refractivity contribution in [3.8, 4) is 5.75 Å². The van der Waals surface area contributed by atoms with Crippen LogP contribution in [-0.4, -0.2) is 39.2 Å². The van der Waals surface area contributed by atoms with E-state index in [1.165, 1.54) is 10.9 Å². The molecule has 0 saturated carbocycles. The highest BCUT2D eigenvalue weighted by Gasteiger charge is 2.20. The number of carboxylic acid groups (broad SMARTS) is 1. The van der Waals surface area contributed by atoms with Gasteiger partial charge in [-0.25, -0.2) is 4.79 Å². The number of rotatable bonds is 5. The lowest BCUT2D eigenvalue weighted by atomic mass is 10.0. The van der Waals surface area contributed by atoms with Crippen molar-refractivity contribution in [3.05, 3.63) is 41.7 Å². The lowest BCUT2D eigenvalue weighted by molar-refractivity contribution is 0.0690. The Hall–Kier alpha value is -2.41. The summed E-state index contributed by atoms with van der Waals surface area (Å²) in [5.41, 5.74) is 1.12. The Labute approximate surface area is 121 Å². The van der Waals surface area contributed by atoms with Crippen molar-refractivity contribution in [2.75, 3.05) is 13.2 Å². The highest BCUT2D eigenvalue weighted by molar-refractivity contribution is 5.84. The minimum absolute atomic E-state index is 0.0357. The molecule has 1 aliphatic heterocycles. The topological polar surface area (TPSA) is 89.3 Å². The molecule has 0 amide bonds. The van der Waals surface area contributed by atoms with Crippen molar-refractivity contribution in [2.24, 2.45) is 0 Å². The van der Waals surface area contributed by atoms with Gasteiger partial charge in [0.25, 0.3) is 0 Å². The molecule has 0 saturated heterocycles. The predicted molar refractivity (Wildman–Crippen MR) is 74.3 cm³/mol.